The van der Waals surface area contributed by atoms with Crippen LogP contribution in [0.15, 0.2) is 66.4 Å². The van der Waals surface area contributed by atoms with Gasteiger partial charge in [0.15, 0.2) is 9.84 Å². The molecule has 3 aromatic heterocycles. The Morgan fingerprint density at radius 3 is 2.66 bits per heavy atom. The number of benzene rings is 2. The number of ether oxygens (including phenoxy) is 1. The predicted octanol–water partition coefficient (Wildman–Crippen LogP) is 7.13. The molecule has 5 aromatic rings. The van der Waals surface area contributed by atoms with Crippen molar-refractivity contribution in [2.24, 2.45) is 0 Å². The molecular formula is C31H32ClFN6O3S2. The summed E-state index contributed by atoms with van der Waals surface area (Å²) in [5.41, 5.74) is 3.42. The maximum atomic E-state index is 13.5. The molecule has 13 heteroatoms. The lowest BCUT2D eigenvalue weighted by Crippen LogP contribution is -2.29. The number of hydrogen-bond acceptors (Lipinski definition) is 10. The number of nitrogens with zero attached hydrogens (tertiary/aromatic N) is 4. The molecule has 0 aliphatic heterocycles. The molecule has 0 saturated heterocycles. The number of fused-ring (bicyclic) bond motifs is 1. The van der Waals surface area contributed by atoms with Gasteiger partial charge in [-0.25, -0.2) is 27.8 Å². The molecule has 0 aliphatic rings. The Morgan fingerprint density at radius 2 is 1.91 bits per heavy atom. The van der Waals surface area contributed by atoms with E-state index >= 15 is 0 Å². The number of thiazole rings is 1. The van der Waals surface area contributed by atoms with Gasteiger partial charge in [0.1, 0.15) is 35.3 Å². The minimum Gasteiger partial charge on any atom is -0.487 e. The summed E-state index contributed by atoms with van der Waals surface area (Å²) >= 11 is 8.00. The van der Waals surface area contributed by atoms with Gasteiger partial charge in [0.05, 0.1) is 45.2 Å². The van der Waals surface area contributed by atoms with Crippen LogP contribution in [0.1, 0.15) is 43.8 Å². The van der Waals surface area contributed by atoms with Crippen molar-refractivity contribution < 1.29 is 17.5 Å². The van der Waals surface area contributed by atoms with Crippen LogP contribution in [0.25, 0.3) is 22.3 Å². The average Bonchev–Trinajstić information content (AvgIpc) is 3.49. The molecular weight excluding hydrogens is 623 g/mol. The smallest absolute Gasteiger partial charge is 0.153 e. The highest BCUT2D eigenvalue weighted by molar-refractivity contribution is 7.92. The Balaban J connectivity index is 1.30. The van der Waals surface area contributed by atoms with Crippen LogP contribution in [-0.2, 0) is 16.4 Å². The lowest BCUT2D eigenvalue weighted by Gasteiger charge is -2.15. The Hall–Kier alpha value is -3.71. The summed E-state index contributed by atoms with van der Waals surface area (Å²) in [5, 5.41) is 10.2. The molecule has 2 N–H and O–H groups in total. The number of rotatable bonds is 13. The summed E-state index contributed by atoms with van der Waals surface area (Å²) in [6.45, 7) is 5.97. The van der Waals surface area contributed by atoms with Crippen LogP contribution in [0, 0.1) is 5.82 Å². The van der Waals surface area contributed by atoms with E-state index in [2.05, 4.69) is 25.6 Å². The predicted molar refractivity (Wildman–Crippen MR) is 174 cm³/mol. The van der Waals surface area contributed by atoms with E-state index in [-0.39, 0.29) is 24.2 Å². The third-order valence-electron chi connectivity index (χ3n) is 6.99. The van der Waals surface area contributed by atoms with Gasteiger partial charge in [0, 0.05) is 23.0 Å². The molecule has 0 saturated carbocycles. The summed E-state index contributed by atoms with van der Waals surface area (Å²) in [7, 11) is -3.12. The first-order valence-electron chi connectivity index (χ1n) is 14.1. The van der Waals surface area contributed by atoms with Crippen LogP contribution in [0.4, 0.5) is 15.9 Å². The van der Waals surface area contributed by atoms with Crippen molar-refractivity contribution in [2.75, 3.05) is 17.6 Å². The number of hydrogen-bond donors (Lipinski definition) is 2. The highest BCUT2D eigenvalue weighted by Gasteiger charge is 2.19. The van der Waals surface area contributed by atoms with Crippen molar-refractivity contribution in [3.8, 4) is 17.1 Å². The fourth-order valence-electron chi connectivity index (χ4n) is 4.40. The third kappa shape index (κ3) is 7.68. The first-order valence-corrected chi connectivity index (χ1v) is 17.1. The Morgan fingerprint density at radius 1 is 1.07 bits per heavy atom. The van der Waals surface area contributed by atoms with E-state index in [4.69, 9.17) is 21.3 Å². The van der Waals surface area contributed by atoms with E-state index in [9.17, 15) is 12.8 Å². The molecule has 2 aromatic carbocycles. The normalized spacial score (nSPS) is 12.5. The summed E-state index contributed by atoms with van der Waals surface area (Å²) in [5.74, 6) is 0.799. The van der Waals surface area contributed by atoms with Gasteiger partial charge in [-0.1, -0.05) is 30.7 Å². The average molecular weight is 655 g/mol. The van der Waals surface area contributed by atoms with E-state index in [1.165, 1.54) is 29.8 Å². The van der Waals surface area contributed by atoms with Gasteiger partial charge in [-0.3, -0.25) is 4.98 Å². The van der Waals surface area contributed by atoms with Gasteiger partial charge in [-0.15, -0.1) is 11.3 Å². The molecule has 44 heavy (non-hydrogen) atoms. The highest BCUT2D eigenvalue weighted by Crippen LogP contribution is 2.32. The van der Waals surface area contributed by atoms with Crippen LogP contribution in [0.2, 0.25) is 5.02 Å². The molecule has 0 aliphatic carbocycles. The summed E-state index contributed by atoms with van der Waals surface area (Å²) in [6.07, 6.45) is 3.90. The number of halogens is 2. The van der Waals surface area contributed by atoms with E-state index in [1.54, 1.807) is 44.3 Å². The molecule has 0 amide bonds. The molecule has 9 nitrogen and oxygen atoms in total. The Bertz CT molecular complexity index is 1870. The zero-order valence-electron chi connectivity index (χ0n) is 24.4. The maximum absolute atomic E-state index is 13.5. The lowest BCUT2D eigenvalue weighted by atomic mass is 10.2. The zero-order valence-corrected chi connectivity index (χ0v) is 26.8. The number of anilines is 2. The summed E-state index contributed by atoms with van der Waals surface area (Å²) in [6, 6.07) is 13.3. The van der Waals surface area contributed by atoms with Crippen molar-refractivity contribution >= 4 is 55.2 Å². The number of aromatic nitrogens is 4. The van der Waals surface area contributed by atoms with Gasteiger partial charge >= 0.3 is 0 Å². The van der Waals surface area contributed by atoms with Crippen molar-refractivity contribution in [1.82, 2.24) is 25.3 Å². The largest absolute Gasteiger partial charge is 0.487 e. The van der Waals surface area contributed by atoms with Gasteiger partial charge in [-0.05, 0) is 62.2 Å². The van der Waals surface area contributed by atoms with Crippen molar-refractivity contribution in [3.63, 3.8) is 0 Å². The SMILES string of the molecule is CCC(NCCS(=O)(=O)C(C)C)c1nc(-c2cc3c(Nc4ccc(OCc5cccc(F)c5)c(Cl)c4)ncnc3cn2)cs1. The first-order chi connectivity index (χ1) is 21.1. The first kappa shape index (κ1) is 31.7. The quantitative estimate of drug-likeness (QED) is 0.137. The standard InChI is InChI=1S/C31H32ClFN6O3S2/c1-4-25(34-10-11-44(40,41)19(2)3)31-39-28(17-43-31)26-14-23-27(15-35-26)36-18-37-30(23)38-22-8-9-29(24(32)13-22)42-16-20-6-5-7-21(33)12-20/h5-9,12-15,17-19,25,34H,4,10-11,16H2,1-3H3,(H,36,37,38). The van der Waals surface area contributed by atoms with Crippen LogP contribution >= 0.6 is 22.9 Å². The molecule has 0 spiro atoms. The zero-order chi connectivity index (χ0) is 31.3. The minimum atomic E-state index is -3.12. The van der Waals surface area contributed by atoms with Crippen LogP contribution in [-0.4, -0.2) is 45.9 Å². The van der Waals surface area contributed by atoms with Gasteiger partial charge in [0.25, 0.3) is 0 Å². The Labute approximate surface area is 264 Å². The summed E-state index contributed by atoms with van der Waals surface area (Å²) < 4.78 is 43.7. The number of nitrogens with one attached hydrogen (secondary N) is 2. The van der Waals surface area contributed by atoms with Crippen molar-refractivity contribution in [1.29, 1.82) is 0 Å². The van der Waals surface area contributed by atoms with E-state index < -0.39 is 15.1 Å². The molecule has 0 radical (unpaired) electrons. The monoisotopic (exact) mass is 654 g/mol. The maximum Gasteiger partial charge on any atom is 0.153 e. The molecule has 3 heterocycles. The highest BCUT2D eigenvalue weighted by atomic mass is 35.5. The van der Waals surface area contributed by atoms with Crippen LogP contribution in [0.3, 0.4) is 0 Å². The molecule has 230 valence electrons. The van der Waals surface area contributed by atoms with Crippen molar-refractivity contribution in [3.05, 3.63) is 87.8 Å². The topological polar surface area (TPSA) is 119 Å². The third-order valence-corrected chi connectivity index (χ3v) is 10.4. The molecule has 0 fully saturated rings. The second-order valence-electron chi connectivity index (χ2n) is 10.4. The Kier molecular flexibility index (Phi) is 10.0. The van der Waals surface area contributed by atoms with Gasteiger partial charge in [-0.2, -0.15) is 0 Å². The lowest BCUT2D eigenvalue weighted by molar-refractivity contribution is 0.306. The second kappa shape index (κ2) is 13.9. The minimum absolute atomic E-state index is 0.0670. The van der Waals surface area contributed by atoms with Crippen LogP contribution in [0.5, 0.6) is 5.75 Å². The van der Waals surface area contributed by atoms with Gasteiger partial charge in [0.2, 0.25) is 0 Å². The fraction of sp³-hybridized carbons (Fsp3) is 0.290. The van der Waals surface area contributed by atoms with E-state index in [0.717, 1.165) is 16.8 Å². The summed E-state index contributed by atoms with van der Waals surface area (Å²) in [4.78, 5) is 18.2. The van der Waals surface area contributed by atoms with E-state index in [0.29, 0.717) is 51.3 Å². The number of pyridine rings is 1. The molecule has 5 rings (SSSR count). The van der Waals surface area contributed by atoms with Crippen molar-refractivity contribution in [2.45, 2.75) is 45.1 Å². The van der Waals surface area contributed by atoms with E-state index in [1.807, 2.05) is 24.4 Å². The molecule has 0 bridgehead atoms. The van der Waals surface area contributed by atoms with Crippen LogP contribution < -0.4 is 15.4 Å². The fourth-order valence-corrected chi connectivity index (χ4v) is 6.48. The molecule has 1 atom stereocenters. The molecule has 1 unspecified atom stereocenters. The second-order valence-corrected chi connectivity index (χ2v) is 14.4. The number of sulfone groups is 1. The van der Waals surface area contributed by atoms with Gasteiger partial charge < -0.3 is 15.4 Å².